The molecule has 3 rings (SSSR count). The standard InChI is InChI=1S/C19H26F2N2O2/c1-17(2,25)14-8-9-23(11-14)16(24)10-22-15-6-4-13(5-7-15)18(3)12-19(18,20)21/h4-7,14,22,25H,8-12H2,1-3H3. The Morgan fingerprint density at radius 1 is 1.36 bits per heavy atom. The predicted molar refractivity (Wildman–Crippen MR) is 92.8 cm³/mol. The maximum Gasteiger partial charge on any atom is 0.258 e. The zero-order valence-corrected chi connectivity index (χ0v) is 15.0. The number of carbonyl (C=O) groups is 1. The number of aliphatic hydroxyl groups is 1. The summed E-state index contributed by atoms with van der Waals surface area (Å²) in [6.45, 7) is 6.50. The van der Waals surface area contributed by atoms with Crippen molar-refractivity contribution in [1.29, 1.82) is 0 Å². The molecule has 1 saturated carbocycles. The Hall–Kier alpha value is -1.69. The molecule has 2 aliphatic rings. The Morgan fingerprint density at radius 2 is 1.96 bits per heavy atom. The fourth-order valence-electron chi connectivity index (χ4n) is 3.52. The summed E-state index contributed by atoms with van der Waals surface area (Å²) >= 11 is 0. The van der Waals surface area contributed by atoms with Crippen molar-refractivity contribution in [2.75, 3.05) is 25.0 Å². The summed E-state index contributed by atoms with van der Waals surface area (Å²) < 4.78 is 26.9. The van der Waals surface area contributed by atoms with Crippen LogP contribution in [-0.2, 0) is 10.2 Å². The molecule has 1 saturated heterocycles. The number of nitrogens with one attached hydrogen (secondary N) is 1. The van der Waals surface area contributed by atoms with Crippen molar-refractivity contribution in [3.63, 3.8) is 0 Å². The summed E-state index contributed by atoms with van der Waals surface area (Å²) in [6.07, 6.45) is 0.694. The average molecular weight is 352 g/mol. The van der Waals surface area contributed by atoms with Gasteiger partial charge in [-0.1, -0.05) is 12.1 Å². The number of amides is 1. The lowest BCUT2D eigenvalue weighted by Gasteiger charge is -2.25. The first-order valence-electron chi connectivity index (χ1n) is 8.75. The van der Waals surface area contributed by atoms with Gasteiger partial charge in [-0.2, -0.15) is 0 Å². The highest BCUT2D eigenvalue weighted by molar-refractivity contribution is 5.81. The zero-order valence-electron chi connectivity index (χ0n) is 15.0. The van der Waals surface area contributed by atoms with Crippen molar-refractivity contribution in [3.05, 3.63) is 29.8 Å². The molecule has 1 heterocycles. The highest BCUT2D eigenvalue weighted by Gasteiger charge is 2.68. The number of nitrogens with zero attached hydrogens (tertiary/aromatic N) is 1. The molecule has 1 aromatic rings. The monoisotopic (exact) mass is 352 g/mol. The minimum atomic E-state index is -2.62. The van der Waals surface area contributed by atoms with Crippen LogP contribution in [0.3, 0.4) is 0 Å². The van der Waals surface area contributed by atoms with E-state index >= 15 is 0 Å². The van der Waals surface area contributed by atoms with Crippen molar-refractivity contribution in [1.82, 2.24) is 4.90 Å². The SMILES string of the molecule is CC(C)(O)C1CCN(C(=O)CNc2ccc(C3(C)CC3(F)F)cc2)C1. The van der Waals surface area contributed by atoms with Crippen molar-refractivity contribution >= 4 is 11.6 Å². The van der Waals surface area contributed by atoms with Crippen molar-refractivity contribution < 1.29 is 18.7 Å². The van der Waals surface area contributed by atoms with Crippen LogP contribution in [0.1, 0.15) is 39.2 Å². The molecule has 25 heavy (non-hydrogen) atoms. The van der Waals surface area contributed by atoms with E-state index in [2.05, 4.69) is 5.32 Å². The van der Waals surface area contributed by atoms with Gasteiger partial charge in [0.15, 0.2) is 0 Å². The molecule has 138 valence electrons. The highest BCUT2D eigenvalue weighted by Crippen LogP contribution is 2.61. The van der Waals surface area contributed by atoms with Crippen LogP contribution in [0.15, 0.2) is 24.3 Å². The summed E-state index contributed by atoms with van der Waals surface area (Å²) in [5, 5.41) is 13.1. The largest absolute Gasteiger partial charge is 0.390 e. The molecule has 1 aliphatic heterocycles. The van der Waals surface area contributed by atoms with Gasteiger partial charge >= 0.3 is 0 Å². The van der Waals surface area contributed by atoms with E-state index in [1.165, 1.54) is 0 Å². The van der Waals surface area contributed by atoms with Gasteiger partial charge in [0.25, 0.3) is 5.92 Å². The van der Waals surface area contributed by atoms with Gasteiger partial charge in [0.1, 0.15) is 0 Å². The molecule has 0 aromatic heterocycles. The average Bonchev–Trinajstić information content (AvgIpc) is 2.92. The second-order valence-electron chi connectivity index (χ2n) is 8.12. The number of likely N-dealkylation sites (tertiary alicyclic amines) is 1. The number of hydrogen-bond donors (Lipinski definition) is 2. The van der Waals surface area contributed by atoms with E-state index in [4.69, 9.17) is 0 Å². The van der Waals surface area contributed by atoms with Gasteiger partial charge in [-0.15, -0.1) is 0 Å². The molecule has 1 aliphatic carbocycles. The van der Waals surface area contributed by atoms with E-state index in [0.29, 0.717) is 18.7 Å². The van der Waals surface area contributed by atoms with Crippen LogP contribution in [-0.4, -0.2) is 47.1 Å². The van der Waals surface area contributed by atoms with Crippen molar-refractivity contribution in [2.45, 2.75) is 50.6 Å². The maximum absolute atomic E-state index is 13.4. The molecule has 2 atom stereocenters. The fraction of sp³-hybridized carbons (Fsp3) is 0.632. The van der Waals surface area contributed by atoms with Gasteiger partial charge in [0.2, 0.25) is 5.91 Å². The second-order valence-corrected chi connectivity index (χ2v) is 8.12. The molecular formula is C19H26F2N2O2. The van der Waals surface area contributed by atoms with Gasteiger partial charge in [0.05, 0.1) is 17.6 Å². The first kappa shape index (κ1) is 18.1. The summed E-state index contributed by atoms with van der Waals surface area (Å²) in [4.78, 5) is 14.1. The molecule has 2 fully saturated rings. The van der Waals surface area contributed by atoms with Crippen LogP contribution in [0.2, 0.25) is 0 Å². The second kappa shape index (κ2) is 5.94. The Labute approximate surface area is 147 Å². The number of anilines is 1. The van der Waals surface area contributed by atoms with E-state index in [1.54, 1.807) is 49.9 Å². The third-order valence-electron chi connectivity index (χ3n) is 5.76. The minimum Gasteiger partial charge on any atom is -0.390 e. The van der Waals surface area contributed by atoms with Crippen LogP contribution >= 0.6 is 0 Å². The van der Waals surface area contributed by atoms with Crippen LogP contribution in [0.5, 0.6) is 0 Å². The fourth-order valence-corrected chi connectivity index (χ4v) is 3.52. The Kier molecular flexibility index (Phi) is 4.30. The molecule has 2 N–H and O–H groups in total. The Morgan fingerprint density at radius 3 is 2.44 bits per heavy atom. The zero-order chi connectivity index (χ0) is 18.5. The van der Waals surface area contributed by atoms with Crippen LogP contribution in [0.25, 0.3) is 0 Å². The van der Waals surface area contributed by atoms with Gasteiger partial charge < -0.3 is 15.3 Å². The molecule has 1 aromatic carbocycles. The Balaban J connectivity index is 1.52. The smallest absolute Gasteiger partial charge is 0.258 e. The maximum atomic E-state index is 13.4. The quantitative estimate of drug-likeness (QED) is 0.856. The topological polar surface area (TPSA) is 52.6 Å². The molecule has 0 spiro atoms. The Bertz CT molecular complexity index is 654. The summed E-state index contributed by atoms with van der Waals surface area (Å²) in [6, 6.07) is 6.89. The van der Waals surface area contributed by atoms with Crippen molar-refractivity contribution in [3.8, 4) is 0 Å². The molecule has 1 amide bonds. The third kappa shape index (κ3) is 3.50. The summed E-state index contributed by atoms with van der Waals surface area (Å²) in [5.74, 6) is -2.54. The summed E-state index contributed by atoms with van der Waals surface area (Å²) in [5.41, 5.74) is -0.465. The summed E-state index contributed by atoms with van der Waals surface area (Å²) in [7, 11) is 0. The van der Waals surface area contributed by atoms with E-state index in [1.807, 2.05) is 0 Å². The minimum absolute atomic E-state index is 0.0171. The first-order chi connectivity index (χ1) is 11.5. The lowest BCUT2D eigenvalue weighted by atomic mass is 9.90. The van der Waals surface area contributed by atoms with Crippen LogP contribution < -0.4 is 5.32 Å². The predicted octanol–water partition coefficient (Wildman–Crippen LogP) is 3.01. The lowest BCUT2D eigenvalue weighted by molar-refractivity contribution is -0.128. The first-order valence-corrected chi connectivity index (χ1v) is 8.75. The van der Waals surface area contributed by atoms with Gasteiger partial charge in [-0.25, -0.2) is 8.78 Å². The normalized spacial score (nSPS) is 28.1. The lowest BCUT2D eigenvalue weighted by Crippen LogP contribution is -2.37. The van der Waals surface area contributed by atoms with Crippen molar-refractivity contribution in [2.24, 2.45) is 5.92 Å². The number of alkyl halides is 2. The van der Waals surface area contributed by atoms with Gasteiger partial charge in [-0.3, -0.25) is 4.79 Å². The van der Waals surface area contributed by atoms with E-state index in [-0.39, 0.29) is 24.8 Å². The molecule has 0 radical (unpaired) electrons. The van der Waals surface area contributed by atoms with Gasteiger partial charge in [-0.05, 0) is 44.9 Å². The number of rotatable bonds is 5. The molecule has 0 bridgehead atoms. The van der Waals surface area contributed by atoms with Gasteiger partial charge in [0, 0.05) is 31.1 Å². The molecule has 4 nitrogen and oxygen atoms in total. The van der Waals surface area contributed by atoms with Crippen LogP contribution in [0, 0.1) is 5.92 Å². The molecule has 2 unspecified atom stereocenters. The molecule has 6 heteroatoms. The number of halogens is 2. The molecular weight excluding hydrogens is 326 g/mol. The van der Waals surface area contributed by atoms with E-state index < -0.39 is 16.9 Å². The third-order valence-corrected chi connectivity index (χ3v) is 5.76. The van der Waals surface area contributed by atoms with E-state index in [9.17, 15) is 18.7 Å². The number of hydrogen-bond acceptors (Lipinski definition) is 3. The van der Waals surface area contributed by atoms with Crippen LogP contribution in [0.4, 0.5) is 14.5 Å². The highest BCUT2D eigenvalue weighted by atomic mass is 19.3. The van der Waals surface area contributed by atoms with E-state index in [0.717, 1.165) is 12.1 Å². The number of carbonyl (C=O) groups excluding carboxylic acids is 1. The number of benzene rings is 1.